The number of rotatable bonds is 3. The predicted molar refractivity (Wildman–Crippen MR) is 112 cm³/mol. The van der Waals surface area contributed by atoms with Crippen LogP contribution in [0.4, 0.5) is 11.6 Å². The molecule has 0 spiro atoms. The maximum absolute atomic E-state index is 13.0. The minimum absolute atomic E-state index is 0.257. The fourth-order valence-electron chi connectivity index (χ4n) is 3.84. The average molecular weight is 387 g/mol. The van der Waals surface area contributed by atoms with Crippen molar-refractivity contribution >= 4 is 39.6 Å². The lowest BCUT2D eigenvalue weighted by Gasteiger charge is -2.20. The van der Waals surface area contributed by atoms with Crippen LogP contribution in [0.25, 0.3) is 22.1 Å². The van der Waals surface area contributed by atoms with E-state index in [2.05, 4.69) is 20.3 Å². The molecule has 29 heavy (non-hydrogen) atoms. The summed E-state index contributed by atoms with van der Waals surface area (Å²) in [6.45, 7) is 3.74. The van der Waals surface area contributed by atoms with Gasteiger partial charge in [-0.2, -0.15) is 5.10 Å². The number of benzene rings is 1. The smallest absolute Gasteiger partial charge is 0.258 e. The number of nitrogens with zero attached hydrogens (tertiary/aromatic N) is 6. The van der Waals surface area contributed by atoms with Gasteiger partial charge in [0, 0.05) is 31.7 Å². The van der Waals surface area contributed by atoms with E-state index in [1.807, 2.05) is 44.3 Å². The van der Waals surface area contributed by atoms with Gasteiger partial charge in [0.05, 0.1) is 22.3 Å². The summed E-state index contributed by atoms with van der Waals surface area (Å²) in [5.74, 6) is 0.951. The third-order valence-electron chi connectivity index (χ3n) is 5.31. The molecule has 1 aliphatic heterocycles. The van der Waals surface area contributed by atoms with Crippen LogP contribution < -0.4 is 10.2 Å². The van der Waals surface area contributed by atoms with E-state index in [0.29, 0.717) is 11.4 Å². The molecule has 0 aliphatic carbocycles. The molecule has 1 aliphatic rings. The molecule has 0 saturated carbocycles. The zero-order valence-electron chi connectivity index (χ0n) is 16.4. The van der Waals surface area contributed by atoms with Crippen molar-refractivity contribution in [2.24, 2.45) is 7.05 Å². The highest BCUT2D eigenvalue weighted by Crippen LogP contribution is 2.28. The van der Waals surface area contributed by atoms with Crippen LogP contribution in [0.5, 0.6) is 0 Å². The van der Waals surface area contributed by atoms with Gasteiger partial charge < -0.3 is 10.2 Å². The number of para-hydroxylation sites is 2. The summed E-state index contributed by atoms with van der Waals surface area (Å²) in [6.07, 6.45) is 3.80. The van der Waals surface area contributed by atoms with Gasteiger partial charge in [-0.1, -0.05) is 12.1 Å². The van der Waals surface area contributed by atoms with Gasteiger partial charge in [0.1, 0.15) is 0 Å². The molecule has 1 fully saturated rings. The number of aromatic nitrogens is 5. The SMILES string of the molecule is Cc1nn(C)c2ncc(C(=O)Nc3nc4ccccc4nc3N3CCCC3)cc12. The normalized spacial score (nSPS) is 14.1. The Balaban J connectivity index is 1.54. The third-order valence-corrected chi connectivity index (χ3v) is 5.31. The van der Waals surface area contributed by atoms with E-state index in [0.717, 1.165) is 59.5 Å². The molecule has 4 heterocycles. The molecule has 8 nitrogen and oxygen atoms in total. The number of anilines is 2. The average Bonchev–Trinajstić information content (AvgIpc) is 3.36. The van der Waals surface area contributed by atoms with E-state index < -0.39 is 0 Å². The highest BCUT2D eigenvalue weighted by Gasteiger charge is 2.21. The van der Waals surface area contributed by atoms with Crippen molar-refractivity contribution in [2.45, 2.75) is 19.8 Å². The van der Waals surface area contributed by atoms with Gasteiger partial charge in [0.15, 0.2) is 17.3 Å². The standard InChI is InChI=1S/C21H21N7O/c1-13-15-11-14(12-22-19(15)27(2)26-13)21(29)25-18-20(28-9-5-6-10-28)24-17-8-4-3-7-16(17)23-18/h3-4,7-8,11-12H,5-6,9-10H2,1-2H3,(H,23,25,29). The van der Waals surface area contributed by atoms with Crippen molar-refractivity contribution in [3.05, 3.63) is 47.8 Å². The lowest BCUT2D eigenvalue weighted by atomic mass is 10.2. The number of carbonyl (C=O) groups is 1. The minimum atomic E-state index is -0.257. The summed E-state index contributed by atoms with van der Waals surface area (Å²) >= 11 is 0. The molecular weight excluding hydrogens is 366 g/mol. The number of carbonyl (C=O) groups excluding carboxylic acids is 1. The van der Waals surface area contributed by atoms with E-state index in [9.17, 15) is 4.79 Å². The highest BCUT2D eigenvalue weighted by atomic mass is 16.1. The van der Waals surface area contributed by atoms with Crippen molar-refractivity contribution in [2.75, 3.05) is 23.3 Å². The molecule has 0 unspecified atom stereocenters. The Bertz CT molecular complexity index is 1240. The van der Waals surface area contributed by atoms with Crippen LogP contribution >= 0.6 is 0 Å². The van der Waals surface area contributed by atoms with Crippen LogP contribution in [-0.4, -0.2) is 43.7 Å². The zero-order valence-corrected chi connectivity index (χ0v) is 16.4. The van der Waals surface area contributed by atoms with Crippen LogP contribution in [0.3, 0.4) is 0 Å². The molecule has 1 amide bonds. The number of nitrogens with one attached hydrogen (secondary N) is 1. The fraction of sp³-hybridized carbons (Fsp3) is 0.286. The van der Waals surface area contributed by atoms with Gasteiger partial charge in [0.2, 0.25) is 0 Å². The molecule has 1 N–H and O–H groups in total. The Kier molecular flexibility index (Phi) is 4.12. The largest absolute Gasteiger partial charge is 0.354 e. The monoisotopic (exact) mass is 387 g/mol. The van der Waals surface area contributed by atoms with Crippen LogP contribution in [0, 0.1) is 6.92 Å². The predicted octanol–water partition coefficient (Wildman–Crippen LogP) is 3.07. The highest BCUT2D eigenvalue weighted by molar-refractivity contribution is 6.07. The molecule has 0 bridgehead atoms. The van der Waals surface area contributed by atoms with Crippen LogP contribution in [0.15, 0.2) is 36.5 Å². The van der Waals surface area contributed by atoms with Crippen LogP contribution in [-0.2, 0) is 7.05 Å². The second kappa shape index (κ2) is 6.80. The Labute approximate surface area is 167 Å². The van der Waals surface area contributed by atoms with E-state index in [4.69, 9.17) is 9.97 Å². The van der Waals surface area contributed by atoms with Crippen LogP contribution in [0.1, 0.15) is 28.9 Å². The van der Waals surface area contributed by atoms with Gasteiger partial charge in [-0.3, -0.25) is 9.48 Å². The number of hydrogen-bond acceptors (Lipinski definition) is 6. The number of amides is 1. The lowest BCUT2D eigenvalue weighted by molar-refractivity contribution is 0.102. The Hall–Kier alpha value is -3.55. The van der Waals surface area contributed by atoms with Crippen molar-refractivity contribution < 1.29 is 4.79 Å². The van der Waals surface area contributed by atoms with Crippen molar-refractivity contribution in [3.63, 3.8) is 0 Å². The first-order valence-electron chi connectivity index (χ1n) is 9.72. The fourth-order valence-corrected chi connectivity index (χ4v) is 3.84. The Morgan fingerprint density at radius 2 is 1.83 bits per heavy atom. The summed E-state index contributed by atoms with van der Waals surface area (Å²) in [7, 11) is 1.84. The molecule has 1 saturated heterocycles. The summed E-state index contributed by atoms with van der Waals surface area (Å²) in [4.78, 5) is 29.1. The van der Waals surface area contributed by atoms with Crippen LogP contribution in [0.2, 0.25) is 0 Å². The molecule has 1 aromatic carbocycles. The zero-order chi connectivity index (χ0) is 20.0. The second-order valence-electron chi connectivity index (χ2n) is 7.34. The number of pyridine rings is 1. The molecule has 0 atom stereocenters. The van der Waals surface area contributed by atoms with Crippen molar-refractivity contribution in [1.29, 1.82) is 0 Å². The summed E-state index contributed by atoms with van der Waals surface area (Å²) in [5.41, 5.74) is 3.63. The number of fused-ring (bicyclic) bond motifs is 2. The molecule has 5 rings (SSSR count). The first-order chi connectivity index (χ1) is 14.1. The topological polar surface area (TPSA) is 88.8 Å². The summed E-state index contributed by atoms with van der Waals surface area (Å²) < 4.78 is 1.71. The molecule has 0 radical (unpaired) electrons. The Morgan fingerprint density at radius 3 is 2.59 bits per heavy atom. The number of hydrogen-bond donors (Lipinski definition) is 1. The van der Waals surface area contributed by atoms with E-state index in [1.165, 1.54) is 0 Å². The molecule has 8 heteroatoms. The second-order valence-corrected chi connectivity index (χ2v) is 7.34. The molecule has 4 aromatic rings. The summed E-state index contributed by atoms with van der Waals surface area (Å²) in [5, 5.41) is 8.20. The van der Waals surface area contributed by atoms with Gasteiger partial charge in [-0.25, -0.2) is 15.0 Å². The summed E-state index contributed by atoms with van der Waals surface area (Å²) in [6, 6.07) is 9.53. The number of aryl methyl sites for hydroxylation is 2. The van der Waals surface area contributed by atoms with E-state index in [1.54, 1.807) is 10.9 Å². The third kappa shape index (κ3) is 3.06. The quantitative estimate of drug-likeness (QED) is 0.581. The van der Waals surface area contributed by atoms with E-state index >= 15 is 0 Å². The van der Waals surface area contributed by atoms with Gasteiger partial charge in [-0.05, 0) is 38.0 Å². The van der Waals surface area contributed by atoms with Gasteiger partial charge >= 0.3 is 0 Å². The first kappa shape index (κ1) is 17.5. The first-order valence-corrected chi connectivity index (χ1v) is 9.72. The lowest BCUT2D eigenvalue weighted by Crippen LogP contribution is -2.23. The van der Waals surface area contributed by atoms with Crippen molar-refractivity contribution in [3.8, 4) is 0 Å². The molecular formula is C21H21N7O. The molecule has 3 aromatic heterocycles. The maximum atomic E-state index is 13.0. The molecule has 146 valence electrons. The van der Waals surface area contributed by atoms with Gasteiger partial charge in [-0.15, -0.1) is 0 Å². The Morgan fingerprint density at radius 1 is 1.10 bits per heavy atom. The minimum Gasteiger partial charge on any atom is -0.354 e. The van der Waals surface area contributed by atoms with Gasteiger partial charge in [0.25, 0.3) is 5.91 Å². The van der Waals surface area contributed by atoms with Crippen molar-refractivity contribution in [1.82, 2.24) is 24.7 Å². The van der Waals surface area contributed by atoms with E-state index in [-0.39, 0.29) is 5.91 Å². The maximum Gasteiger partial charge on any atom is 0.258 e.